The fraction of sp³-hybridized carbons (Fsp3) is 0.167. The normalized spacial score (nSPS) is 10.4. The number of methoxy groups -OCH3 is 1. The third-order valence-electron chi connectivity index (χ3n) is 3.13. The summed E-state index contributed by atoms with van der Waals surface area (Å²) in [6, 6.07) is 13.0. The first kappa shape index (κ1) is 18.4. The SMILES string of the molecule is COc1cc(/C=N\NC(=S)Nc2ccc(C)cc2)ccc1OC(C)=O. The number of thiocarbonyl (C=S) groups is 1. The van der Waals surface area contributed by atoms with Crippen molar-refractivity contribution in [3.05, 3.63) is 53.6 Å². The number of nitrogens with one attached hydrogen (secondary N) is 2. The first-order valence-electron chi connectivity index (χ1n) is 7.51. The van der Waals surface area contributed by atoms with Crippen molar-refractivity contribution in [2.45, 2.75) is 13.8 Å². The highest BCUT2D eigenvalue weighted by Gasteiger charge is 2.07. The number of hydrazone groups is 1. The Bertz CT molecular complexity index is 789. The monoisotopic (exact) mass is 357 g/mol. The average molecular weight is 357 g/mol. The predicted octanol–water partition coefficient (Wildman–Crippen LogP) is 3.25. The van der Waals surface area contributed by atoms with Gasteiger partial charge in [-0.3, -0.25) is 10.2 Å². The van der Waals surface area contributed by atoms with Crippen LogP contribution in [-0.2, 0) is 4.79 Å². The fourth-order valence-electron chi connectivity index (χ4n) is 1.97. The first-order valence-corrected chi connectivity index (χ1v) is 7.92. The molecule has 130 valence electrons. The maximum Gasteiger partial charge on any atom is 0.308 e. The Hall–Kier alpha value is -2.93. The molecule has 0 unspecified atom stereocenters. The van der Waals surface area contributed by atoms with E-state index in [4.69, 9.17) is 21.7 Å². The highest BCUT2D eigenvalue weighted by atomic mass is 32.1. The predicted molar refractivity (Wildman–Crippen MR) is 102 cm³/mol. The van der Waals surface area contributed by atoms with Crippen LogP contribution in [0.1, 0.15) is 18.1 Å². The Labute approximate surface area is 151 Å². The second-order valence-electron chi connectivity index (χ2n) is 5.19. The Morgan fingerprint density at radius 2 is 1.88 bits per heavy atom. The molecule has 0 fully saturated rings. The van der Waals surface area contributed by atoms with Crippen LogP contribution in [0.2, 0.25) is 0 Å². The fourth-order valence-corrected chi connectivity index (χ4v) is 2.14. The minimum atomic E-state index is -0.408. The van der Waals surface area contributed by atoms with E-state index in [-0.39, 0.29) is 0 Å². The third-order valence-corrected chi connectivity index (χ3v) is 3.32. The lowest BCUT2D eigenvalue weighted by Gasteiger charge is -2.09. The molecule has 6 nitrogen and oxygen atoms in total. The summed E-state index contributed by atoms with van der Waals surface area (Å²) in [6.45, 7) is 3.35. The van der Waals surface area contributed by atoms with Crippen LogP contribution < -0.4 is 20.2 Å². The zero-order valence-electron chi connectivity index (χ0n) is 14.2. The van der Waals surface area contributed by atoms with Gasteiger partial charge in [-0.2, -0.15) is 5.10 Å². The number of ether oxygens (including phenoxy) is 2. The zero-order chi connectivity index (χ0) is 18.2. The van der Waals surface area contributed by atoms with E-state index in [0.29, 0.717) is 16.6 Å². The third kappa shape index (κ3) is 5.89. The Balaban J connectivity index is 1.95. The van der Waals surface area contributed by atoms with Gasteiger partial charge in [-0.05, 0) is 55.0 Å². The average Bonchev–Trinajstić information content (AvgIpc) is 2.57. The molecule has 0 amide bonds. The van der Waals surface area contributed by atoms with Gasteiger partial charge >= 0.3 is 5.97 Å². The topological polar surface area (TPSA) is 71.9 Å². The molecule has 2 aromatic rings. The summed E-state index contributed by atoms with van der Waals surface area (Å²) in [6.07, 6.45) is 1.59. The van der Waals surface area contributed by atoms with Gasteiger partial charge in [0.05, 0.1) is 13.3 Å². The van der Waals surface area contributed by atoms with E-state index in [0.717, 1.165) is 11.3 Å². The van der Waals surface area contributed by atoms with E-state index >= 15 is 0 Å². The van der Waals surface area contributed by atoms with E-state index in [1.54, 1.807) is 24.4 Å². The molecule has 0 saturated carbocycles. The Morgan fingerprint density at radius 1 is 1.16 bits per heavy atom. The number of esters is 1. The van der Waals surface area contributed by atoms with Gasteiger partial charge in [0.25, 0.3) is 0 Å². The lowest BCUT2D eigenvalue weighted by Crippen LogP contribution is -2.23. The standard InChI is InChI=1S/C18H19N3O3S/c1-12-4-7-15(8-5-12)20-18(25)21-19-11-14-6-9-16(24-13(2)22)17(10-14)23-3/h4-11H,1-3H3,(H2,20,21,25)/b19-11-. The van der Waals surface area contributed by atoms with Crippen LogP contribution in [0.5, 0.6) is 11.5 Å². The molecule has 0 aliphatic carbocycles. The lowest BCUT2D eigenvalue weighted by molar-refractivity contribution is -0.132. The van der Waals surface area contributed by atoms with Crippen LogP contribution in [0, 0.1) is 6.92 Å². The van der Waals surface area contributed by atoms with Crippen molar-refractivity contribution in [1.82, 2.24) is 5.43 Å². The van der Waals surface area contributed by atoms with Crippen molar-refractivity contribution in [3.63, 3.8) is 0 Å². The minimum Gasteiger partial charge on any atom is -0.493 e. The van der Waals surface area contributed by atoms with Crippen LogP contribution in [0.15, 0.2) is 47.6 Å². The summed E-state index contributed by atoms with van der Waals surface area (Å²) in [5.41, 5.74) is 5.56. The van der Waals surface area contributed by atoms with Crippen molar-refractivity contribution in [2.75, 3.05) is 12.4 Å². The quantitative estimate of drug-likeness (QED) is 0.281. The van der Waals surface area contributed by atoms with Crippen molar-refractivity contribution in [2.24, 2.45) is 5.10 Å². The molecule has 25 heavy (non-hydrogen) atoms. The second-order valence-corrected chi connectivity index (χ2v) is 5.60. The van der Waals surface area contributed by atoms with Gasteiger partial charge in [0, 0.05) is 12.6 Å². The van der Waals surface area contributed by atoms with Gasteiger partial charge < -0.3 is 14.8 Å². The number of rotatable bonds is 5. The summed E-state index contributed by atoms with van der Waals surface area (Å²) in [5.74, 6) is 0.394. The summed E-state index contributed by atoms with van der Waals surface area (Å²) in [4.78, 5) is 11.0. The van der Waals surface area contributed by atoms with Crippen molar-refractivity contribution in [3.8, 4) is 11.5 Å². The molecule has 0 bridgehead atoms. The number of aryl methyl sites for hydroxylation is 1. The van der Waals surface area contributed by atoms with Crippen molar-refractivity contribution < 1.29 is 14.3 Å². The van der Waals surface area contributed by atoms with Gasteiger partial charge in [0.15, 0.2) is 16.6 Å². The molecule has 0 aliphatic heterocycles. The van der Waals surface area contributed by atoms with Gasteiger partial charge in [-0.1, -0.05) is 17.7 Å². The summed E-state index contributed by atoms with van der Waals surface area (Å²) in [5, 5.41) is 7.49. The number of hydrogen-bond acceptors (Lipinski definition) is 5. The molecular formula is C18H19N3O3S. The lowest BCUT2D eigenvalue weighted by atomic mass is 10.2. The van der Waals surface area contributed by atoms with Gasteiger partial charge in [0.1, 0.15) is 0 Å². The van der Waals surface area contributed by atoms with Crippen LogP contribution >= 0.6 is 12.2 Å². The van der Waals surface area contributed by atoms with E-state index < -0.39 is 5.97 Å². The van der Waals surface area contributed by atoms with E-state index in [1.807, 2.05) is 31.2 Å². The number of nitrogens with zero attached hydrogens (tertiary/aromatic N) is 1. The summed E-state index contributed by atoms with van der Waals surface area (Å²) < 4.78 is 10.3. The molecule has 0 aromatic heterocycles. The van der Waals surface area contributed by atoms with Crippen molar-refractivity contribution in [1.29, 1.82) is 0 Å². The molecule has 0 saturated heterocycles. The largest absolute Gasteiger partial charge is 0.493 e. The molecule has 0 radical (unpaired) electrons. The maximum absolute atomic E-state index is 11.0. The van der Waals surface area contributed by atoms with Crippen LogP contribution in [0.4, 0.5) is 5.69 Å². The number of benzene rings is 2. The van der Waals surface area contributed by atoms with Crippen LogP contribution in [0.3, 0.4) is 0 Å². The molecule has 0 heterocycles. The summed E-state index contributed by atoms with van der Waals surface area (Å²) >= 11 is 5.18. The van der Waals surface area contributed by atoms with Gasteiger partial charge in [-0.15, -0.1) is 0 Å². The smallest absolute Gasteiger partial charge is 0.308 e. The highest BCUT2D eigenvalue weighted by molar-refractivity contribution is 7.80. The molecule has 7 heteroatoms. The summed E-state index contributed by atoms with van der Waals surface area (Å²) in [7, 11) is 1.50. The second kappa shape index (κ2) is 8.79. The molecular weight excluding hydrogens is 338 g/mol. The first-order chi connectivity index (χ1) is 12.0. The number of hydrogen-bond donors (Lipinski definition) is 2. The van der Waals surface area contributed by atoms with Crippen LogP contribution in [0.25, 0.3) is 0 Å². The highest BCUT2D eigenvalue weighted by Crippen LogP contribution is 2.27. The number of anilines is 1. The molecule has 0 atom stereocenters. The Kier molecular flexibility index (Phi) is 6.47. The Morgan fingerprint density at radius 3 is 2.52 bits per heavy atom. The van der Waals surface area contributed by atoms with E-state index in [1.165, 1.54) is 19.6 Å². The van der Waals surface area contributed by atoms with Crippen LogP contribution in [-0.4, -0.2) is 24.4 Å². The molecule has 0 spiro atoms. The van der Waals surface area contributed by atoms with Crippen molar-refractivity contribution >= 4 is 35.2 Å². The zero-order valence-corrected chi connectivity index (χ0v) is 15.0. The van der Waals surface area contributed by atoms with E-state index in [2.05, 4.69) is 15.8 Å². The minimum absolute atomic E-state index is 0.358. The molecule has 2 N–H and O–H groups in total. The van der Waals surface area contributed by atoms with E-state index in [9.17, 15) is 4.79 Å². The number of carbonyl (C=O) groups excluding carboxylic acids is 1. The van der Waals surface area contributed by atoms with Gasteiger partial charge in [-0.25, -0.2) is 0 Å². The molecule has 0 aliphatic rings. The number of carbonyl (C=O) groups is 1. The molecule has 2 aromatic carbocycles. The van der Waals surface area contributed by atoms with Gasteiger partial charge in [0.2, 0.25) is 0 Å². The molecule has 2 rings (SSSR count). The maximum atomic E-state index is 11.0.